The largest absolute Gasteiger partial charge is 0.416 e. The molecule has 0 fully saturated rings. The number of amides is 2. The number of aromatic nitrogens is 3. The minimum atomic E-state index is -4.50. The standard InChI is InChI=1S/C25H21F3N6O2/c1-15-19-5-3-2-4-17(19)12-20(15)23(35)30-10-11-34-14-22(32-33-34)24(36)31-21(13-29)16-6-8-18(9-7-16)25(26,27)28/h2-9,14,21H,10-12H2,1H3,(H,30,35)(H,31,36). The molecule has 1 atom stereocenters. The fraction of sp³-hybridized carbons (Fsp3) is 0.240. The predicted octanol–water partition coefficient (Wildman–Crippen LogP) is 3.44. The lowest BCUT2D eigenvalue weighted by Gasteiger charge is -2.12. The zero-order chi connectivity index (χ0) is 25.9. The lowest BCUT2D eigenvalue weighted by atomic mass is 10.1. The number of hydrogen-bond donors (Lipinski definition) is 2. The number of nitriles is 1. The molecule has 3 aromatic rings. The molecule has 0 bridgehead atoms. The number of rotatable bonds is 7. The second-order valence-corrected chi connectivity index (χ2v) is 8.22. The number of halogens is 3. The highest BCUT2D eigenvalue weighted by Gasteiger charge is 2.30. The molecule has 1 aliphatic carbocycles. The van der Waals surface area contributed by atoms with Crippen molar-refractivity contribution >= 4 is 17.4 Å². The second-order valence-electron chi connectivity index (χ2n) is 8.22. The van der Waals surface area contributed by atoms with Gasteiger partial charge in [-0.25, -0.2) is 4.68 Å². The van der Waals surface area contributed by atoms with Gasteiger partial charge >= 0.3 is 6.18 Å². The number of allylic oxidation sites excluding steroid dienone is 1. The van der Waals surface area contributed by atoms with Crippen molar-refractivity contribution in [1.82, 2.24) is 25.6 Å². The number of nitrogens with zero attached hydrogens (tertiary/aromatic N) is 4. The Labute approximate surface area is 204 Å². The molecule has 0 spiro atoms. The summed E-state index contributed by atoms with van der Waals surface area (Å²) in [7, 11) is 0. The minimum Gasteiger partial charge on any atom is -0.350 e. The van der Waals surface area contributed by atoms with E-state index in [1.54, 1.807) is 0 Å². The van der Waals surface area contributed by atoms with Crippen molar-refractivity contribution in [3.63, 3.8) is 0 Å². The van der Waals surface area contributed by atoms with E-state index in [1.165, 1.54) is 10.9 Å². The zero-order valence-corrected chi connectivity index (χ0v) is 19.1. The Morgan fingerprint density at radius 1 is 1.14 bits per heavy atom. The molecule has 4 rings (SSSR count). The van der Waals surface area contributed by atoms with E-state index in [9.17, 15) is 28.0 Å². The first-order valence-corrected chi connectivity index (χ1v) is 11.0. The van der Waals surface area contributed by atoms with E-state index in [1.807, 2.05) is 37.3 Å². The predicted molar refractivity (Wildman–Crippen MR) is 123 cm³/mol. The maximum Gasteiger partial charge on any atom is 0.416 e. The summed E-state index contributed by atoms with van der Waals surface area (Å²) in [5, 5.41) is 22.3. The normalized spacial score (nSPS) is 13.6. The van der Waals surface area contributed by atoms with Crippen LogP contribution in [0.25, 0.3) is 5.57 Å². The van der Waals surface area contributed by atoms with Gasteiger partial charge in [-0.1, -0.05) is 41.6 Å². The van der Waals surface area contributed by atoms with Crippen LogP contribution in [0, 0.1) is 11.3 Å². The molecule has 0 radical (unpaired) electrons. The summed E-state index contributed by atoms with van der Waals surface area (Å²) in [6.07, 6.45) is -2.57. The maximum absolute atomic E-state index is 12.7. The maximum atomic E-state index is 12.7. The molecule has 0 saturated carbocycles. The Hall–Kier alpha value is -4.46. The zero-order valence-electron chi connectivity index (χ0n) is 19.1. The molecular weight excluding hydrogens is 473 g/mol. The molecule has 1 aliphatic rings. The lowest BCUT2D eigenvalue weighted by Crippen LogP contribution is -2.29. The first-order chi connectivity index (χ1) is 17.2. The molecular formula is C25H21F3N6O2. The van der Waals surface area contributed by atoms with Crippen molar-refractivity contribution in [2.24, 2.45) is 0 Å². The Morgan fingerprint density at radius 2 is 1.86 bits per heavy atom. The van der Waals surface area contributed by atoms with Crippen molar-refractivity contribution < 1.29 is 22.8 Å². The van der Waals surface area contributed by atoms with Gasteiger partial charge in [-0.05, 0) is 41.3 Å². The molecule has 2 aromatic carbocycles. The van der Waals surface area contributed by atoms with Crippen LogP contribution in [-0.4, -0.2) is 33.4 Å². The van der Waals surface area contributed by atoms with Gasteiger partial charge in [0.2, 0.25) is 5.91 Å². The van der Waals surface area contributed by atoms with Crippen LogP contribution in [0.5, 0.6) is 0 Å². The van der Waals surface area contributed by atoms with Crippen molar-refractivity contribution in [3.8, 4) is 6.07 Å². The molecule has 2 N–H and O–H groups in total. The van der Waals surface area contributed by atoms with Crippen LogP contribution < -0.4 is 10.6 Å². The van der Waals surface area contributed by atoms with Gasteiger partial charge < -0.3 is 10.6 Å². The summed E-state index contributed by atoms with van der Waals surface area (Å²) in [6.45, 7) is 2.43. The van der Waals surface area contributed by atoms with E-state index in [-0.39, 0.29) is 30.3 Å². The highest BCUT2D eigenvalue weighted by Crippen LogP contribution is 2.32. The average molecular weight is 494 g/mol. The first-order valence-electron chi connectivity index (χ1n) is 11.0. The number of alkyl halides is 3. The summed E-state index contributed by atoms with van der Waals surface area (Å²) in [5.74, 6) is -0.878. The Kier molecular flexibility index (Phi) is 6.87. The van der Waals surface area contributed by atoms with Gasteiger partial charge in [0.15, 0.2) is 5.69 Å². The van der Waals surface area contributed by atoms with Crippen LogP contribution in [-0.2, 0) is 23.9 Å². The molecule has 0 saturated heterocycles. The Bertz CT molecular complexity index is 1370. The fourth-order valence-corrected chi connectivity index (χ4v) is 3.94. The molecule has 1 aromatic heterocycles. The van der Waals surface area contributed by atoms with Crippen molar-refractivity contribution in [1.29, 1.82) is 5.26 Å². The van der Waals surface area contributed by atoms with Gasteiger partial charge in [-0.3, -0.25) is 9.59 Å². The molecule has 1 unspecified atom stereocenters. The number of fused-ring (bicyclic) bond motifs is 1. The van der Waals surface area contributed by atoms with Crippen LogP contribution in [0.3, 0.4) is 0 Å². The van der Waals surface area contributed by atoms with E-state index < -0.39 is 23.7 Å². The van der Waals surface area contributed by atoms with E-state index in [0.717, 1.165) is 41.0 Å². The third kappa shape index (κ3) is 5.27. The van der Waals surface area contributed by atoms with Crippen LogP contribution >= 0.6 is 0 Å². The first kappa shape index (κ1) is 24.7. The van der Waals surface area contributed by atoms with Crippen LogP contribution in [0.2, 0.25) is 0 Å². The SMILES string of the molecule is CC1=C(C(=O)NCCn2cc(C(=O)NC(C#N)c3ccc(C(F)(F)F)cc3)nn2)Cc2ccccc21. The van der Waals surface area contributed by atoms with Crippen molar-refractivity contribution in [3.05, 3.63) is 88.2 Å². The monoisotopic (exact) mass is 494 g/mol. The molecule has 0 aliphatic heterocycles. The number of carbonyl (C=O) groups excluding carboxylic acids is 2. The average Bonchev–Trinajstić information content (AvgIpc) is 3.47. The number of benzene rings is 2. The van der Waals surface area contributed by atoms with Crippen LogP contribution in [0.4, 0.5) is 13.2 Å². The minimum absolute atomic E-state index is 0.0710. The van der Waals surface area contributed by atoms with E-state index in [2.05, 4.69) is 20.9 Å². The smallest absolute Gasteiger partial charge is 0.350 e. The van der Waals surface area contributed by atoms with E-state index >= 15 is 0 Å². The van der Waals surface area contributed by atoms with Crippen molar-refractivity contribution in [2.75, 3.05) is 6.54 Å². The molecule has 36 heavy (non-hydrogen) atoms. The quantitative estimate of drug-likeness (QED) is 0.523. The molecule has 2 amide bonds. The topological polar surface area (TPSA) is 113 Å². The van der Waals surface area contributed by atoms with Gasteiger partial charge in [0.25, 0.3) is 5.91 Å². The molecule has 1 heterocycles. The van der Waals surface area contributed by atoms with E-state index in [4.69, 9.17) is 0 Å². The lowest BCUT2D eigenvalue weighted by molar-refractivity contribution is -0.137. The number of hydrogen-bond acceptors (Lipinski definition) is 5. The third-order valence-electron chi connectivity index (χ3n) is 5.89. The fourth-order valence-electron chi connectivity index (χ4n) is 3.94. The van der Waals surface area contributed by atoms with Gasteiger partial charge in [0, 0.05) is 18.5 Å². The molecule has 8 nitrogen and oxygen atoms in total. The summed E-state index contributed by atoms with van der Waals surface area (Å²) in [6, 6.07) is 12.5. The van der Waals surface area contributed by atoms with Crippen molar-refractivity contribution in [2.45, 2.75) is 32.1 Å². The van der Waals surface area contributed by atoms with Gasteiger partial charge in [-0.15, -0.1) is 5.10 Å². The highest BCUT2D eigenvalue weighted by molar-refractivity contribution is 6.03. The van der Waals surface area contributed by atoms with Crippen LogP contribution in [0.15, 0.2) is 60.3 Å². The number of nitrogens with one attached hydrogen (secondary N) is 2. The Balaban J connectivity index is 1.31. The summed E-state index contributed by atoms with van der Waals surface area (Å²) >= 11 is 0. The summed E-state index contributed by atoms with van der Waals surface area (Å²) < 4.78 is 39.6. The Morgan fingerprint density at radius 3 is 2.53 bits per heavy atom. The van der Waals surface area contributed by atoms with Gasteiger partial charge in [-0.2, -0.15) is 18.4 Å². The van der Waals surface area contributed by atoms with Crippen LogP contribution in [0.1, 0.15) is 45.7 Å². The number of carbonyl (C=O) groups is 2. The third-order valence-corrected chi connectivity index (χ3v) is 5.89. The highest BCUT2D eigenvalue weighted by atomic mass is 19.4. The van der Waals surface area contributed by atoms with E-state index in [0.29, 0.717) is 12.0 Å². The summed E-state index contributed by atoms with van der Waals surface area (Å²) in [4.78, 5) is 25.1. The molecule has 184 valence electrons. The van der Waals surface area contributed by atoms with Gasteiger partial charge in [0.05, 0.1) is 24.4 Å². The van der Waals surface area contributed by atoms with Gasteiger partial charge in [0.1, 0.15) is 6.04 Å². The second kappa shape index (κ2) is 10.0. The molecule has 11 heteroatoms. The summed E-state index contributed by atoms with van der Waals surface area (Å²) in [5.41, 5.74) is 3.11.